The number of aromatic nitrogens is 2. The van der Waals surface area contributed by atoms with Gasteiger partial charge in [-0.2, -0.15) is 12.7 Å². The summed E-state index contributed by atoms with van der Waals surface area (Å²) in [7, 11) is -1.88. The SMILES string of the molecule is CNS(=O)(=O)N1CCN(Cc2ccc3c(c2)Nc2nccnc2S3)CC1. The van der Waals surface area contributed by atoms with Gasteiger partial charge in [-0.1, -0.05) is 17.8 Å². The maximum absolute atomic E-state index is 11.9. The molecule has 0 saturated carbocycles. The quantitative estimate of drug-likeness (QED) is 0.691. The van der Waals surface area contributed by atoms with Crippen molar-refractivity contribution < 1.29 is 8.42 Å². The number of nitrogens with one attached hydrogen (secondary N) is 2. The van der Waals surface area contributed by atoms with Crippen molar-refractivity contribution in [3.63, 3.8) is 0 Å². The Kier molecular flexibility index (Phi) is 4.84. The first-order valence-corrected chi connectivity index (χ1v) is 10.6. The van der Waals surface area contributed by atoms with Crippen LogP contribution >= 0.6 is 11.8 Å². The second kappa shape index (κ2) is 7.12. The van der Waals surface area contributed by atoms with Gasteiger partial charge in [0.2, 0.25) is 0 Å². The second-order valence-electron chi connectivity index (χ2n) is 6.15. The molecule has 26 heavy (non-hydrogen) atoms. The van der Waals surface area contributed by atoms with Crippen molar-refractivity contribution in [1.29, 1.82) is 0 Å². The van der Waals surface area contributed by atoms with Crippen LogP contribution in [-0.4, -0.2) is 60.8 Å². The molecule has 2 aliphatic rings. The molecular weight excluding hydrogens is 372 g/mol. The maximum Gasteiger partial charge on any atom is 0.279 e. The smallest absolute Gasteiger partial charge is 0.279 e. The first-order valence-electron chi connectivity index (χ1n) is 8.35. The van der Waals surface area contributed by atoms with Gasteiger partial charge in [0.15, 0.2) is 5.82 Å². The van der Waals surface area contributed by atoms with E-state index in [4.69, 9.17) is 0 Å². The molecule has 0 amide bonds. The number of benzene rings is 1. The lowest BCUT2D eigenvalue weighted by molar-refractivity contribution is 0.181. The van der Waals surface area contributed by atoms with Gasteiger partial charge in [0.1, 0.15) is 5.03 Å². The number of rotatable bonds is 4. The molecule has 0 unspecified atom stereocenters. The van der Waals surface area contributed by atoms with E-state index >= 15 is 0 Å². The van der Waals surface area contributed by atoms with Gasteiger partial charge >= 0.3 is 0 Å². The topological polar surface area (TPSA) is 90.5 Å². The van der Waals surface area contributed by atoms with Crippen molar-refractivity contribution in [2.75, 3.05) is 38.5 Å². The highest BCUT2D eigenvalue weighted by Gasteiger charge is 2.26. The van der Waals surface area contributed by atoms with Crippen LogP contribution in [0.1, 0.15) is 5.56 Å². The lowest BCUT2D eigenvalue weighted by atomic mass is 10.1. The monoisotopic (exact) mass is 392 g/mol. The standard InChI is InChI=1S/C16H20N6O2S2/c1-17-26(23,24)22-8-6-21(7-9-22)11-12-2-3-14-13(10-12)20-15-16(25-14)19-5-4-18-15/h2-5,10,17H,6-9,11H2,1H3,(H,18,20). The van der Waals surface area contributed by atoms with Crippen LogP contribution in [-0.2, 0) is 16.8 Å². The molecule has 1 saturated heterocycles. The zero-order chi connectivity index (χ0) is 18.1. The molecule has 0 radical (unpaired) electrons. The molecule has 0 bridgehead atoms. The van der Waals surface area contributed by atoms with E-state index in [1.165, 1.54) is 16.9 Å². The molecule has 10 heteroatoms. The minimum Gasteiger partial charge on any atom is -0.337 e. The average molecular weight is 393 g/mol. The van der Waals surface area contributed by atoms with Crippen LogP contribution in [0.5, 0.6) is 0 Å². The van der Waals surface area contributed by atoms with E-state index in [-0.39, 0.29) is 0 Å². The number of hydrogen-bond donors (Lipinski definition) is 2. The molecule has 0 aliphatic carbocycles. The summed E-state index contributed by atoms with van der Waals surface area (Å²) in [4.78, 5) is 12.1. The van der Waals surface area contributed by atoms with E-state index in [1.807, 2.05) is 0 Å². The van der Waals surface area contributed by atoms with Crippen LogP contribution in [0, 0.1) is 0 Å². The lowest BCUT2D eigenvalue weighted by Gasteiger charge is -2.33. The van der Waals surface area contributed by atoms with E-state index < -0.39 is 10.2 Å². The predicted octanol–water partition coefficient (Wildman–Crippen LogP) is 1.27. The van der Waals surface area contributed by atoms with Crippen LogP contribution in [0.3, 0.4) is 0 Å². The minimum absolute atomic E-state index is 0.505. The molecule has 2 aliphatic heterocycles. The molecule has 0 atom stereocenters. The highest BCUT2D eigenvalue weighted by atomic mass is 32.2. The Labute approximate surface area is 157 Å². The summed E-state index contributed by atoms with van der Waals surface area (Å²) in [6, 6.07) is 6.35. The summed E-state index contributed by atoms with van der Waals surface area (Å²) in [6.07, 6.45) is 3.38. The summed E-state index contributed by atoms with van der Waals surface area (Å²) in [5.74, 6) is 0.785. The minimum atomic E-state index is -3.33. The fourth-order valence-corrected chi connectivity index (χ4v) is 4.88. The predicted molar refractivity (Wildman–Crippen MR) is 101 cm³/mol. The Bertz CT molecular complexity index is 913. The molecule has 3 heterocycles. The summed E-state index contributed by atoms with van der Waals surface area (Å²) in [5.41, 5.74) is 2.23. The van der Waals surface area contributed by atoms with E-state index in [2.05, 4.69) is 43.1 Å². The molecule has 2 N–H and O–H groups in total. The number of anilines is 2. The van der Waals surface area contributed by atoms with Crippen LogP contribution in [0.4, 0.5) is 11.5 Å². The molecule has 138 valence electrons. The van der Waals surface area contributed by atoms with Crippen LogP contribution in [0.25, 0.3) is 0 Å². The van der Waals surface area contributed by atoms with Crippen LogP contribution in [0.15, 0.2) is 40.5 Å². The number of piperazine rings is 1. The van der Waals surface area contributed by atoms with Gasteiger partial charge in [-0.15, -0.1) is 0 Å². The van der Waals surface area contributed by atoms with Crippen molar-refractivity contribution >= 4 is 33.5 Å². The molecule has 1 aromatic heterocycles. The van der Waals surface area contributed by atoms with Gasteiger partial charge in [0, 0.05) is 57.1 Å². The fraction of sp³-hybridized carbons (Fsp3) is 0.375. The summed E-state index contributed by atoms with van der Waals surface area (Å²) < 4.78 is 27.6. The number of hydrogen-bond acceptors (Lipinski definition) is 7. The molecule has 8 nitrogen and oxygen atoms in total. The lowest BCUT2D eigenvalue weighted by Crippen LogP contribution is -2.51. The summed E-state index contributed by atoms with van der Waals surface area (Å²) >= 11 is 1.61. The van der Waals surface area contributed by atoms with Gasteiger partial charge in [0.05, 0.1) is 5.69 Å². The highest BCUT2D eigenvalue weighted by molar-refractivity contribution is 7.99. The van der Waals surface area contributed by atoms with E-state index in [9.17, 15) is 8.42 Å². The average Bonchev–Trinajstić information content (AvgIpc) is 2.67. The van der Waals surface area contributed by atoms with E-state index in [0.29, 0.717) is 26.2 Å². The van der Waals surface area contributed by atoms with Crippen LogP contribution in [0.2, 0.25) is 0 Å². The van der Waals surface area contributed by atoms with Gasteiger partial charge in [0.25, 0.3) is 10.2 Å². The normalized spacial score (nSPS) is 18.0. The number of fused-ring (bicyclic) bond motifs is 2. The van der Waals surface area contributed by atoms with Gasteiger partial charge in [-0.05, 0) is 17.7 Å². The fourth-order valence-electron chi connectivity index (χ4n) is 3.09. The molecule has 1 aromatic carbocycles. The Morgan fingerprint density at radius 3 is 2.73 bits per heavy atom. The van der Waals surface area contributed by atoms with E-state index in [1.54, 1.807) is 24.2 Å². The largest absolute Gasteiger partial charge is 0.337 e. The van der Waals surface area contributed by atoms with Crippen molar-refractivity contribution in [2.24, 2.45) is 0 Å². The zero-order valence-corrected chi connectivity index (χ0v) is 16.0. The third-order valence-electron chi connectivity index (χ3n) is 4.50. The Morgan fingerprint density at radius 1 is 1.19 bits per heavy atom. The molecule has 1 fully saturated rings. The van der Waals surface area contributed by atoms with Crippen molar-refractivity contribution in [2.45, 2.75) is 16.5 Å². The molecule has 2 aromatic rings. The first kappa shape index (κ1) is 17.7. The maximum atomic E-state index is 11.9. The Balaban J connectivity index is 1.42. The Morgan fingerprint density at radius 2 is 1.96 bits per heavy atom. The number of nitrogens with zero attached hydrogens (tertiary/aromatic N) is 4. The summed E-state index contributed by atoms with van der Waals surface area (Å²) in [5, 5.41) is 4.23. The van der Waals surface area contributed by atoms with Gasteiger partial charge in [-0.3, -0.25) is 4.90 Å². The summed E-state index contributed by atoms with van der Waals surface area (Å²) in [6.45, 7) is 3.24. The molecular formula is C16H20N6O2S2. The Hall–Kier alpha value is -1.72. The third kappa shape index (κ3) is 3.55. The van der Waals surface area contributed by atoms with Crippen molar-refractivity contribution in [1.82, 2.24) is 23.9 Å². The van der Waals surface area contributed by atoms with Crippen molar-refractivity contribution in [3.05, 3.63) is 36.2 Å². The third-order valence-corrected chi connectivity index (χ3v) is 7.13. The molecule has 4 rings (SSSR count). The van der Waals surface area contributed by atoms with Gasteiger partial charge < -0.3 is 5.32 Å². The first-order chi connectivity index (χ1) is 12.5. The zero-order valence-electron chi connectivity index (χ0n) is 14.3. The second-order valence-corrected chi connectivity index (χ2v) is 9.06. The van der Waals surface area contributed by atoms with Crippen molar-refractivity contribution in [3.8, 4) is 0 Å². The van der Waals surface area contributed by atoms with Gasteiger partial charge in [-0.25, -0.2) is 14.7 Å². The molecule has 0 spiro atoms. The van der Waals surface area contributed by atoms with E-state index in [0.717, 1.165) is 28.0 Å². The highest BCUT2D eigenvalue weighted by Crippen LogP contribution is 2.42. The van der Waals surface area contributed by atoms with Crippen LogP contribution < -0.4 is 10.0 Å².